The Morgan fingerprint density at radius 2 is 1.94 bits per heavy atom. The first-order valence-corrected chi connectivity index (χ1v) is 4.88. The van der Waals surface area contributed by atoms with Gasteiger partial charge >= 0.3 is 0 Å². The van der Waals surface area contributed by atoms with Crippen LogP contribution >= 0.6 is 0 Å². The first-order chi connectivity index (χ1) is 7.70. The quantitative estimate of drug-likeness (QED) is 0.721. The zero-order valence-corrected chi connectivity index (χ0v) is 8.77. The molecular weight excluding hydrogens is 205 g/mol. The van der Waals surface area contributed by atoms with Crippen LogP contribution in [0.5, 0.6) is 0 Å². The Labute approximate surface area is 92.8 Å². The number of aromatic nitrogens is 1. The highest BCUT2D eigenvalue weighted by Gasteiger charge is 2.04. The van der Waals surface area contributed by atoms with Crippen LogP contribution in [0.15, 0.2) is 36.5 Å². The van der Waals surface area contributed by atoms with Crippen LogP contribution in [0.25, 0.3) is 11.1 Å². The molecule has 0 aliphatic carbocycles. The number of halogens is 1. The second kappa shape index (κ2) is 4.23. The van der Waals surface area contributed by atoms with Gasteiger partial charge in [0, 0.05) is 11.9 Å². The molecule has 0 unspecified atom stereocenters. The average Bonchev–Trinajstić information content (AvgIpc) is 2.29. The van der Waals surface area contributed by atoms with Crippen LogP contribution in [0.4, 0.5) is 4.39 Å². The Morgan fingerprint density at radius 1 is 1.19 bits per heavy atom. The Balaban J connectivity index is 2.49. The van der Waals surface area contributed by atoms with E-state index in [1.54, 1.807) is 12.3 Å². The molecule has 0 saturated heterocycles. The lowest BCUT2D eigenvalue weighted by Crippen LogP contribution is -1.89. The maximum atomic E-state index is 13.4. The van der Waals surface area contributed by atoms with Gasteiger partial charge in [-0.2, -0.15) is 0 Å². The summed E-state index contributed by atoms with van der Waals surface area (Å²) in [6.07, 6.45) is 2.19. The summed E-state index contributed by atoms with van der Waals surface area (Å²) in [5.74, 6) is -0.498. The predicted molar refractivity (Wildman–Crippen MR) is 59.8 cm³/mol. The number of pyridine rings is 1. The summed E-state index contributed by atoms with van der Waals surface area (Å²) in [7, 11) is 0. The van der Waals surface area contributed by atoms with Gasteiger partial charge in [-0.15, -0.1) is 0 Å². The summed E-state index contributed by atoms with van der Waals surface area (Å²) in [4.78, 5) is 14.6. The van der Waals surface area contributed by atoms with E-state index in [-0.39, 0.29) is 5.56 Å². The third-order valence-electron chi connectivity index (χ3n) is 2.36. The zero-order valence-electron chi connectivity index (χ0n) is 8.77. The molecule has 1 aromatic carbocycles. The summed E-state index contributed by atoms with van der Waals surface area (Å²) in [5, 5.41) is 0. The van der Waals surface area contributed by atoms with Gasteiger partial charge in [-0.3, -0.25) is 9.78 Å². The van der Waals surface area contributed by atoms with Crippen LogP contribution in [-0.4, -0.2) is 11.3 Å². The van der Waals surface area contributed by atoms with Gasteiger partial charge in [0.05, 0.1) is 5.56 Å². The Kier molecular flexibility index (Phi) is 2.77. The SMILES string of the molecule is Cc1cc(-c2ccc(C=O)c(F)c2)ccn1. The molecule has 1 aromatic heterocycles. The number of benzene rings is 1. The molecular formula is C13H10FNO. The van der Waals surface area contributed by atoms with Crippen molar-refractivity contribution in [1.82, 2.24) is 4.98 Å². The Morgan fingerprint density at radius 3 is 2.56 bits per heavy atom. The fraction of sp³-hybridized carbons (Fsp3) is 0.0769. The van der Waals surface area contributed by atoms with E-state index in [1.807, 2.05) is 19.1 Å². The first kappa shape index (κ1) is 10.5. The van der Waals surface area contributed by atoms with Crippen molar-refractivity contribution in [2.24, 2.45) is 0 Å². The van der Waals surface area contributed by atoms with Crippen LogP contribution in [0.1, 0.15) is 16.1 Å². The van der Waals surface area contributed by atoms with E-state index in [4.69, 9.17) is 0 Å². The molecule has 0 aliphatic rings. The number of hydrogen-bond acceptors (Lipinski definition) is 2. The smallest absolute Gasteiger partial charge is 0.152 e. The number of carbonyl (C=O) groups is 1. The van der Waals surface area contributed by atoms with E-state index < -0.39 is 5.82 Å². The average molecular weight is 215 g/mol. The van der Waals surface area contributed by atoms with E-state index in [1.165, 1.54) is 12.1 Å². The highest BCUT2D eigenvalue weighted by molar-refractivity contribution is 5.77. The van der Waals surface area contributed by atoms with Gasteiger partial charge in [-0.1, -0.05) is 6.07 Å². The van der Waals surface area contributed by atoms with Crippen molar-refractivity contribution >= 4 is 6.29 Å². The second-order valence-corrected chi connectivity index (χ2v) is 3.54. The summed E-state index contributed by atoms with van der Waals surface area (Å²) in [6, 6.07) is 8.24. The minimum atomic E-state index is -0.498. The molecule has 0 spiro atoms. The Hall–Kier alpha value is -2.03. The molecule has 80 valence electrons. The summed E-state index contributed by atoms with van der Waals surface area (Å²) in [6.45, 7) is 1.87. The van der Waals surface area contributed by atoms with Gasteiger partial charge in [0.2, 0.25) is 0 Å². The van der Waals surface area contributed by atoms with Gasteiger partial charge in [0.25, 0.3) is 0 Å². The lowest BCUT2D eigenvalue weighted by molar-refractivity contribution is 0.112. The molecule has 2 aromatic rings. The van der Waals surface area contributed by atoms with Gasteiger partial charge < -0.3 is 0 Å². The molecule has 0 N–H and O–H groups in total. The van der Waals surface area contributed by atoms with Crippen LogP contribution < -0.4 is 0 Å². The number of hydrogen-bond donors (Lipinski definition) is 0. The molecule has 2 rings (SSSR count). The summed E-state index contributed by atoms with van der Waals surface area (Å²) < 4.78 is 13.4. The van der Waals surface area contributed by atoms with Crippen molar-refractivity contribution in [1.29, 1.82) is 0 Å². The van der Waals surface area contributed by atoms with E-state index in [0.717, 1.165) is 16.8 Å². The molecule has 0 aliphatic heterocycles. The Bertz CT molecular complexity index is 537. The lowest BCUT2D eigenvalue weighted by Gasteiger charge is -2.03. The van der Waals surface area contributed by atoms with Gasteiger partial charge in [-0.05, 0) is 42.3 Å². The number of nitrogens with zero attached hydrogens (tertiary/aromatic N) is 1. The number of aldehydes is 1. The fourth-order valence-corrected chi connectivity index (χ4v) is 1.53. The van der Waals surface area contributed by atoms with Crippen LogP contribution in [-0.2, 0) is 0 Å². The number of carbonyl (C=O) groups excluding carboxylic acids is 1. The van der Waals surface area contributed by atoms with E-state index in [2.05, 4.69) is 4.98 Å². The van der Waals surface area contributed by atoms with Crippen molar-refractivity contribution < 1.29 is 9.18 Å². The normalized spacial score (nSPS) is 10.1. The fourth-order valence-electron chi connectivity index (χ4n) is 1.53. The maximum absolute atomic E-state index is 13.4. The third-order valence-corrected chi connectivity index (χ3v) is 2.36. The standard InChI is InChI=1S/C13H10FNO/c1-9-6-11(4-5-15-9)10-2-3-12(8-16)13(14)7-10/h2-8H,1H3. The zero-order chi connectivity index (χ0) is 11.5. The molecule has 0 fully saturated rings. The highest BCUT2D eigenvalue weighted by atomic mass is 19.1. The molecule has 3 heteroatoms. The summed E-state index contributed by atoms with van der Waals surface area (Å²) in [5.41, 5.74) is 2.59. The third kappa shape index (κ3) is 1.98. The van der Waals surface area contributed by atoms with E-state index in [0.29, 0.717) is 6.29 Å². The molecule has 2 nitrogen and oxygen atoms in total. The number of rotatable bonds is 2. The largest absolute Gasteiger partial charge is 0.298 e. The van der Waals surface area contributed by atoms with Gasteiger partial charge in [-0.25, -0.2) is 4.39 Å². The van der Waals surface area contributed by atoms with Crippen molar-refractivity contribution in [2.75, 3.05) is 0 Å². The first-order valence-electron chi connectivity index (χ1n) is 4.88. The molecule has 0 atom stereocenters. The minimum absolute atomic E-state index is 0.0783. The number of aryl methyl sites for hydroxylation is 1. The molecule has 16 heavy (non-hydrogen) atoms. The van der Waals surface area contributed by atoms with Crippen molar-refractivity contribution in [2.45, 2.75) is 6.92 Å². The highest BCUT2D eigenvalue weighted by Crippen LogP contribution is 2.21. The predicted octanol–water partition coefficient (Wildman–Crippen LogP) is 3.01. The van der Waals surface area contributed by atoms with Crippen molar-refractivity contribution in [3.05, 3.63) is 53.6 Å². The van der Waals surface area contributed by atoms with Crippen molar-refractivity contribution in [3.8, 4) is 11.1 Å². The minimum Gasteiger partial charge on any atom is -0.298 e. The van der Waals surface area contributed by atoms with E-state index >= 15 is 0 Å². The molecule has 0 amide bonds. The topological polar surface area (TPSA) is 30.0 Å². The molecule has 0 bridgehead atoms. The van der Waals surface area contributed by atoms with E-state index in [9.17, 15) is 9.18 Å². The van der Waals surface area contributed by atoms with Gasteiger partial charge in [0.15, 0.2) is 6.29 Å². The molecule has 0 radical (unpaired) electrons. The molecule has 1 heterocycles. The second-order valence-electron chi connectivity index (χ2n) is 3.54. The summed E-state index contributed by atoms with van der Waals surface area (Å²) >= 11 is 0. The van der Waals surface area contributed by atoms with Gasteiger partial charge in [0.1, 0.15) is 5.82 Å². The van der Waals surface area contributed by atoms with Crippen molar-refractivity contribution in [3.63, 3.8) is 0 Å². The lowest BCUT2D eigenvalue weighted by atomic mass is 10.0. The van der Waals surface area contributed by atoms with Crippen LogP contribution in [0, 0.1) is 12.7 Å². The maximum Gasteiger partial charge on any atom is 0.152 e. The molecule has 0 saturated carbocycles. The van der Waals surface area contributed by atoms with Crippen LogP contribution in [0.3, 0.4) is 0 Å². The van der Waals surface area contributed by atoms with Crippen LogP contribution in [0.2, 0.25) is 0 Å². The monoisotopic (exact) mass is 215 g/mol.